The van der Waals surface area contributed by atoms with Gasteiger partial charge in [-0.2, -0.15) is 0 Å². The van der Waals surface area contributed by atoms with Gasteiger partial charge in [-0.15, -0.1) is 4.83 Å². The lowest BCUT2D eigenvalue weighted by Gasteiger charge is -2.14. The summed E-state index contributed by atoms with van der Waals surface area (Å²) < 4.78 is 27.3. The van der Waals surface area contributed by atoms with E-state index in [0.29, 0.717) is 15.6 Å². The first kappa shape index (κ1) is 19.3. The molecule has 0 aliphatic heterocycles. The average Bonchev–Trinajstić information content (AvgIpc) is 2.81. The Bertz CT molecular complexity index is 900. The van der Waals surface area contributed by atoms with Crippen LogP contribution in [0.3, 0.4) is 0 Å². The monoisotopic (exact) mass is 453 g/mol. The van der Waals surface area contributed by atoms with Crippen LogP contribution in [0.25, 0.3) is 0 Å². The first-order valence-electron chi connectivity index (χ1n) is 6.64. The normalized spacial score (nSPS) is 11.6. The Morgan fingerprint density at radius 2 is 1.88 bits per heavy atom. The number of hydrazine groups is 1. The van der Waals surface area contributed by atoms with Gasteiger partial charge in [0.15, 0.2) is 0 Å². The van der Waals surface area contributed by atoms with Crippen molar-refractivity contribution in [2.75, 3.05) is 0 Å². The molecule has 0 saturated heterocycles. The Hall–Kier alpha value is -1.06. The first-order valence-corrected chi connectivity index (χ1v) is 9.67. The van der Waals surface area contributed by atoms with Crippen molar-refractivity contribution in [1.29, 1.82) is 0 Å². The smallest absolute Gasteiger partial charge is 0.282 e. The molecule has 0 radical (unpaired) electrons. The molecule has 1 aromatic carbocycles. The van der Waals surface area contributed by atoms with Gasteiger partial charge < -0.3 is 4.57 Å². The van der Waals surface area contributed by atoms with Crippen molar-refractivity contribution in [2.45, 2.75) is 18.7 Å². The van der Waals surface area contributed by atoms with Gasteiger partial charge in [0, 0.05) is 22.7 Å². The number of aromatic nitrogens is 1. The quantitative estimate of drug-likeness (QED) is 0.695. The number of carbonyl (C=O) groups is 1. The minimum Gasteiger partial charge on any atom is -0.345 e. The van der Waals surface area contributed by atoms with Crippen LogP contribution in [0.15, 0.2) is 27.7 Å². The van der Waals surface area contributed by atoms with Gasteiger partial charge in [0.05, 0.1) is 5.02 Å². The zero-order chi connectivity index (χ0) is 18.2. The van der Waals surface area contributed by atoms with Crippen LogP contribution in [0, 0.1) is 13.8 Å². The molecule has 2 N–H and O–H groups in total. The molecule has 0 saturated carbocycles. The summed E-state index contributed by atoms with van der Waals surface area (Å²) in [6.07, 6.45) is 1.67. The Balaban J connectivity index is 2.30. The van der Waals surface area contributed by atoms with Crippen LogP contribution in [-0.2, 0) is 17.1 Å². The summed E-state index contributed by atoms with van der Waals surface area (Å²) in [7, 11) is -2.43. The van der Waals surface area contributed by atoms with Gasteiger partial charge in [0.1, 0.15) is 10.6 Å². The van der Waals surface area contributed by atoms with E-state index in [4.69, 9.17) is 23.2 Å². The number of nitrogens with zero attached hydrogens (tertiary/aromatic N) is 1. The molecule has 2 rings (SSSR count). The van der Waals surface area contributed by atoms with Crippen molar-refractivity contribution in [1.82, 2.24) is 14.8 Å². The Kier molecular flexibility index (Phi) is 5.66. The van der Waals surface area contributed by atoms with Crippen molar-refractivity contribution < 1.29 is 13.2 Å². The van der Waals surface area contributed by atoms with Crippen LogP contribution < -0.4 is 10.3 Å². The number of rotatable bonds is 4. The van der Waals surface area contributed by atoms with E-state index in [2.05, 4.69) is 21.4 Å². The van der Waals surface area contributed by atoms with Crippen LogP contribution in [0.4, 0.5) is 0 Å². The molecule has 0 atom stereocenters. The highest BCUT2D eigenvalue weighted by molar-refractivity contribution is 9.10. The lowest BCUT2D eigenvalue weighted by Crippen LogP contribution is -2.42. The number of carbonyl (C=O) groups excluding carboxylic acids is 1. The largest absolute Gasteiger partial charge is 0.345 e. The number of benzene rings is 1. The number of halogens is 3. The van der Waals surface area contributed by atoms with Gasteiger partial charge in [-0.05, 0) is 53.0 Å². The maximum atomic E-state index is 12.5. The fraction of sp³-hybridized carbons (Fsp3) is 0.214. The first-order chi connectivity index (χ1) is 11.0. The summed E-state index contributed by atoms with van der Waals surface area (Å²) in [5.41, 5.74) is 3.26. The maximum absolute atomic E-state index is 12.5. The molecule has 10 heteroatoms. The summed E-state index contributed by atoms with van der Waals surface area (Å²) in [4.78, 5) is 14.0. The highest BCUT2D eigenvalue weighted by Gasteiger charge is 2.25. The lowest BCUT2D eigenvalue weighted by atomic mass is 10.2. The molecule has 2 aromatic rings. The summed E-state index contributed by atoms with van der Waals surface area (Å²) in [5.74, 6) is -0.612. The number of nitrogens with one attached hydrogen (secondary N) is 2. The molecule has 24 heavy (non-hydrogen) atoms. The third-order valence-corrected chi connectivity index (χ3v) is 6.20. The highest BCUT2D eigenvalue weighted by Crippen LogP contribution is 2.33. The fourth-order valence-corrected chi connectivity index (χ4v) is 4.69. The molecule has 0 spiro atoms. The number of sulfonamides is 1. The standard InChI is InChI=1S/C14H14BrCl2N3O3S/c1-7-4-10(16)8(2)13(12(7)17)24(22,23)19-18-14(21)11-5-9(15)6-20(11)3/h4-6,19H,1-3H3,(H,18,21). The van der Waals surface area contributed by atoms with Gasteiger partial charge in [-0.3, -0.25) is 10.2 Å². The molecule has 0 aliphatic carbocycles. The molecule has 1 heterocycles. The molecule has 130 valence electrons. The second-order valence-corrected chi connectivity index (χ2v) is 8.48. The van der Waals surface area contributed by atoms with Crippen molar-refractivity contribution >= 4 is 55.1 Å². The summed E-state index contributed by atoms with van der Waals surface area (Å²) in [6.45, 7) is 3.19. The minimum atomic E-state index is -4.10. The third-order valence-electron chi connectivity index (χ3n) is 3.36. The zero-order valence-corrected chi connectivity index (χ0v) is 16.9. The van der Waals surface area contributed by atoms with Gasteiger partial charge in [-0.25, -0.2) is 8.42 Å². The number of hydrogen-bond donors (Lipinski definition) is 2. The van der Waals surface area contributed by atoms with E-state index in [1.807, 2.05) is 4.83 Å². The molecule has 0 fully saturated rings. The zero-order valence-electron chi connectivity index (χ0n) is 12.9. The van der Waals surface area contributed by atoms with Gasteiger partial charge in [0.2, 0.25) is 0 Å². The van der Waals surface area contributed by atoms with E-state index < -0.39 is 15.9 Å². The van der Waals surface area contributed by atoms with Gasteiger partial charge >= 0.3 is 0 Å². The van der Waals surface area contributed by atoms with E-state index in [0.717, 1.165) is 0 Å². The van der Waals surface area contributed by atoms with Crippen LogP contribution in [-0.4, -0.2) is 18.9 Å². The van der Waals surface area contributed by atoms with Crippen molar-refractivity contribution in [3.05, 3.63) is 49.7 Å². The molecule has 1 amide bonds. The Morgan fingerprint density at radius 1 is 1.25 bits per heavy atom. The van der Waals surface area contributed by atoms with Crippen molar-refractivity contribution in [2.24, 2.45) is 7.05 Å². The highest BCUT2D eigenvalue weighted by atomic mass is 79.9. The molecule has 0 aliphatic rings. The summed E-state index contributed by atoms with van der Waals surface area (Å²) >= 11 is 15.4. The molecule has 6 nitrogen and oxygen atoms in total. The van der Waals surface area contributed by atoms with Gasteiger partial charge in [0.25, 0.3) is 15.9 Å². The Morgan fingerprint density at radius 3 is 2.42 bits per heavy atom. The lowest BCUT2D eigenvalue weighted by molar-refractivity contribution is 0.0937. The van der Waals surface area contributed by atoms with Crippen LogP contribution in [0.5, 0.6) is 0 Å². The fourth-order valence-electron chi connectivity index (χ4n) is 2.11. The van der Waals surface area contributed by atoms with Crippen LogP contribution in [0.2, 0.25) is 10.0 Å². The Labute approximate surface area is 158 Å². The van der Waals surface area contributed by atoms with Crippen LogP contribution in [0.1, 0.15) is 21.6 Å². The van der Waals surface area contributed by atoms with E-state index in [1.165, 1.54) is 0 Å². The predicted molar refractivity (Wildman–Crippen MR) is 96.8 cm³/mol. The third kappa shape index (κ3) is 3.78. The van der Waals surface area contributed by atoms with E-state index in [1.54, 1.807) is 43.8 Å². The number of aryl methyl sites for hydroxylation is 2. The molecule has 0 bridgehead atoms. The predicted octanol–water partition coefficient (Wildman–Crippen LogP) is 3.33. The molecular weight excluding hydrogens is 441 g/mol. The van der Waals surface area contributed by atoms with E-state index in [9.17, 15) is 13.2 Å². The van der Waals surface area contributed by atoms with Gasteiger partial charge in [-0.1, -0.05) is 23.2 Å². The number of hydrogen-bond acceptors (Lipinski definition) is 3. The minimum absolute atomic E-state index is 0.0558. The summed E-state index contributed by atoms with van der Waals surface area (Å²) in [6, 6.07) is 3.14. The molecule has 1 aromatic heterocycles. The van der Waals surface area contributed by atoms with E-state index >= 15 is 0 Å². The average molecular weight is 455 g/mol. The second-order valence-electron chi connectivity index (χ2n) is 5.16. The molecular formula is C14H14BrCl2N3O3S. The second kappa shape index (κ2) is 7.05. The van der Waals surface area contributed by atoms with Crippen LogP contribution >= 0.6 is 39.1 Å². The SMILES string of the molecule is Cc1cc(Cl)c(C)c(S(=O)(=O)NNC(=O)c2cc(Br)cn2C)c1Cl. The van der Waals surface area contributed by atoms with E-state index in [-0.39, 0.29) is 20.6 Å². The maximum Gasteiger partial charge on any atom is 0.282 e. The summed E-state index contributed by atoms with van der Waals surface area (Å²) in [5, 5.41) is 0.329. The molecule has 0 unspecified atom stereocenters. The number of amides is 1. The van der Waals surface area contributed by atoms with Crippen molar-refractivity contribution in [3.63, 3.8) is 0 Å². The van der Waals surface area contributed by atoms with Crippen molar-refractivity contribution in [3.8, 4) is 0 Å². The topological polar surface area (TPSA) is 80.2 Å².